The summed E-state index contributed by atoms with van der Waals surface area (Å²) in [5.41, 5.74) is 8.32. The molecule has 1 aromatic carbocycles. The summed E-state index contributed by atoms with van der Waals surface area (Å²) in [6, 6.07) is 8.59. The predicted molar refractivity (Wildman–Crippen MR) is 76.3 cm³/mol. The highest BCUT2D eigenvalue weighted by Gasteiger charge is 2.22. The Labute approximate surface area is 117 Å². The average Bonchev–Trinajstić information content (AvgIpc) is 2.80. The van der Waals surface area contributed by atoms with Crippen molar-refractivity contribution in [1.29, 1.82) is 0 Å². The number of ether oxygens (including phenoxy) is 1. The summed E-state index contributed by atoms with van der Waals surface area (Å²) in [5.74, 6) is 0.742. The van der Waals surface area contributed by atoms with Crippen LogP contribution in [-0.2, 0) is 13.1 Å². The number of nitrogens with two attached hydrogens (primary N) is 1. The van der Waals surface area contributed by atoms with Crippen molar-refractivity contribution in [2.24, 2.45) is 0 Å². The number of hydrogen-bond donors (Lipinski definition) is 1. The Morgan fingerprint density at radius 3 is 2.35 bits per heavy atom. The van der Waals surface area contributed by atoms with E-state index in [1.807, 2.05) is 26.0 Å². The summed E-state index contributed by atoms with van der Waals surface area (Å²) in [6.07, 6.45) is 0.000394. The zero-order valence-corrected chi connectivity index (χ0v) is 11.6. The van der Waals surface area contributed by atoms with Crippen LogP contribution in [0.15, 0.2) is 24.3 Å². The molecule has 1 aliphatic heterocycles. The van der Waals surface area contributed by atoms with Crippen LogP contribution >= 0.6 is 0 Å². The van der Waals surface area contributed by atoms with Gasteiger partial charge in [0.05, 0.1) is 6.10 Å². The highest BCUT2D eigenvalue weighted by Crippen LogP contribution is 2.26. The average molecular weight is 271 g/mol. The van der Waals surface area contributed by atoms with Gasteiger partial charge in [-0.15, -0.1) is 0 Å². The molecular weight excluding hydrogens is 254 g/mol. The maximum atomic E-state index is 5.74. The van der Waals surface area contributed by atoms with E-state index in [2.05, 4.69) is 32.0 Å². The summed E-state index contributed by atoms with van der Waals surface area (Å²) in [6.45, 7) is 5.40. The van der Waals surface area contributed by atoms with Crippen molar-refractivity contribution in [3.63, 3.8) is 0 Å². The Morgan fingerprint density at radius 2 is 1.75 bits per heavy atom. The molecule has 0 unspecified atom stereocenters. The van der Waals surface area contributed by atoms with E-state index in [9.17, 15) is 0 Å². The molecule has 0 atom stereocenters. The van der Waals surface area contributed by atoms with Gasteiger partial charge in [-0.1, -0.05) is 24.3 Å². The molecule has 104 valence electrons. The van der Waals surface area contributed by atoms with Crippen LogP contribution < -0.4 is 15.4 Å². The number of aromatic nitrogens is 3. The zero-order chi connectivity index (χ0) is 14.1. The Hall–Kier alpha value is -2.37. The van der Waals surface area contributed by atoms with Gasteiger partial charge in [0.15, 0.2) is 0 Å². The molecule has 1 aliphatic rings. The van der Waals surface area contributed by atoms with Crippen LogP contribution in [0.5, 0.6) is 6.01 Å². The molecule has 20 heavy (non-hydrogen) atoms. The van der Waals surface area contributed by atoms with Crippen molar-refractivity contribution in [1.82, 2.24) is 15.0 Å². The fourth-order valence-electron chi connectivity index (χ4n) is 2.24. The Balaban J connectivity index is 1.87. The number of benzene rings is 1. The fraction of sp³-hybridized carbons (Fsp3) is 0.357. The molecule has 0 aliphatic carbocycles. The SMILES string of the molecule is CC(C)Oc1nc(N)nc(N2Cc3ccccc3C2)n1. The monoisotopic (exact) mass is 271 g/mol. The Kier molecular flexibility index (Phi) is 3.14. The molecule has 2 N–H and O–H groups in total. The summed E-state index contributed by atoms with van der Waals surface area (Å²) >= 11 is 0. The molecule has 0 saturated heterocycles. The van der Waals surface area contributed by atoms with Crippen molar-refractivity contribution in [2.75, 3.05) is 10.6 Å². The second-order valence-electron chi connectivity index (χ2n) is 5.07. The van der Waals surface area contributed by atoms with Gasteiger partial charge in [0, 0.05) is 13.1 Å². The van der Waals surface area contributed by atoms with Crippen molar-refractivity contribution in [3.05, 3.63) is 35.4 Å². The Morgan fingerprint density at radius 1 is 1.10 bits per heavy atom. The smallest absolute Gasteiger partial charge is 0.323 e. The van der Waals surface area contributed by atoms with Crippen LogP contribution in [0, 0.1) is 0 Å². The molecule has 0 radical (unpaired) electrons. The summed E-state index contributed by atoms with van der Waals surface area (Å²) in [7, 11) is 0. The third-order valence-electron chi connectivity index (χ3n) is 3.09. The number of fused-ring (bicyclic) bond motifs is 1. The third kappa shape index (κ3) is 2.49. The first-order chi connectivity index (χ1) is 9.61. The van der Waals surface area contributed by atoms with Gasteiger partial charge in [0.25, 0.3) is 0 Å². The lowest BCUT2D eigenvalue weighted by Crippen LogP contribution is -2.20. The number of anilines is 2. The maximum Gasteiger partial charge on any atom is 0.323 e. The van der Waals surface area contributed by atoms with Crippen LogP contribution in [0.2, 0.25) is 0 Å². The lowest BCUT2D eigenvalue weighted by Gasteiger charge is -2.16. The minimum Gasteiger partial charge on any atom is -0.461 e. The molecule has 1 aromatic heterocycles. The fourth-order valence-corrected chi connectivity index (χ4v) is 2.24. The van der Waals surface area contributed by atoms with E-state index < -0.39 is 0 Å². The lowest BCUT2D eigenvalue weighted by molar-refractivity contribution is 0.222. The molecule has 0 saturated carbocycles. The van der Waals surface area contributed by atoms with Gasteiger partial charge in [-0.25, -0.2) is 0 Å². The van der Waals surface area contributed by atoms with E-state index >= 15 is 0 Å². The normalized spacial score (nSPS) is 13.7. The minimum absolute atomic E-state index is 0.000394. The van der Waals surface area contributed by atoms with Crippen LogP contribution in [0.4, 0.5) is 11.9 Å². The predicted octanol–water partition coefficient (Wildman–Crippen LogP) is 1.76. The number of nitrogens with zero attached hydrogens (tertiary/aromatic N) is 4. The van der Waals surface area contributed by atoms with Gasteiger partial charge in [0.1, 0.15) is 0 Å². The topological polar surface area (TPSA) is 77.2 Å². The zero-order valence-electron chi connectivity index (χ0n) is 11.6. The van der Waals surface area contributed by atoms with Crippen LogP contribution in [-0.4, -0.2) is 21.1 Å². The lowest BCUT2D eigenvalue weighted by atomic mass is 10.1. The first kappa shape index (κ1) is 12.7. The second-order valence-corrected chi connectivity index (χ2v) is 5.07. The number of rotatable bonds is 3. The quantitative estimate of drug-likeness (QED) is 0.916. The molecule has 2 aromatic rings. The van der Waals surface area contributed by atoms with E-state index in [1.165, 1.54) is 11.1 Å². The first-order valence-corrected chi connectivity index (χ1v) is 6.62. The van der Waals surface area contributed by atoms with E-state index in [0.29, 0.717) is 5.95 Å². The molecule has 0 bridgehead atoms. The largest absolute Gasteiger partial charge is 0.461 e. The van der Waals surface area contributed by atoms with E-state index in [-0.39, 0.29) is 18.1 Å². The van der Waals surface area contributed by atoms with E-state index in [4.69, 9.17) is 10.5 Å². The standard InChI is InChI=1S/C14H17N5O/c1-9(2)20-14-17-12(15)16-13(18-14)19-7-10-5-3-4-6-11(10)8-19/h3-6,9H,7-8H2,1-2H3,(H2,15,16,17,18). The summed E-state index contributed by atoms with van der Waals surface area (Å²) in [5, 5.41) is 0. The number of nitrogen functional groups attached to an aromatic ring is 1. The summed E-state index contributed by atoms with van der Waals surface area (Å²) < 4.78 is 5.50. The second kappa shape index (κ2) is 4.96. The van der Waals surface area contributed by atoms with Crippen LogP contribution in [0.25, 0.3) is 0 Å². The van der Waals surface area contributed by atoms with Crippen LogP contribution in [0.3, 0.4) is 0 Å². The van der Waals surface area contributed by atoms with E-state index in [1.54, 1.807) is 0 Å². The van der Waals surface area contributed by atoms with Crippen molar-refractivity contribution < 1.29 is 4.74 Å². The van der Waals surface area contributed by atoms with Crippen molar-refractivity contribution in [2.45, 2.75) is 33.0 Å². The Bertz CT molecular complexity index is 604. The highest BCUT2D eigenvalue weighted by molar-refractivity contribution is 5.45. The van der Waals surface area contributed by atoms with Gasteiger partial charge in [0.2, 0.25) is 11.9 Å². The molecule has 0 spiro atoms. The molecule has 6 nitrogen and oxygen atoms in total. The highest BCUT2D eigenvalue weighted by atomic mass is 16.5. The first-order valence-electron chi connectivity index (χ1n) is 6.62. The molecule has 2 heterocycles. The molecule has 6 heteroatoms. The van der Waals surface area contributed by atoms with Crippen molar-refractivity contribution in [3.8, 4) is 6.01 Å². The van der Waals surface area contributed by atoms with Gasteiger partial charge < -0.3 is 15.4 Å². The molecule has 0 fully saturated rings. The molecule has 3 rings (SSSR count). The summed E-state index contributed by atoms with van der Waals surface area (Å²) in [4.78, 5) is 14.6. The third-order valence-corrected chi connectivity index (χ3v) is 3.09. The van der Waals surface area contributed by atoms with Crippen molar-refractivity contribution >= 4 is 11.9 Å². The molecule has 0 amide bonds. The minimum atomic E-state index is 0.000394. The van der Waals surface area contributed by atoms with Gasteiger partial charge in [-0.05, 0) is 25.0 Å². The van der Waals surface area contributed by atoms with E-state index in [0.717, 1.165) is 13.1 Å². The van der Waals surface area contributed by atoms with Gasteiger partial charge in [-0.3, -0.25) is 0 Å². The van der Waals surface area contributed by atoms with Gasteiger partial charge >= 0.3 is 6.01 Å². The number of hydrogen-bond acceptors (Lipinski definition) is 6. The van der Waals surface area contributed by atoms with Crippen LogP contribution in [0.1, 0.15) is 25.0 Å². The molecular formula is C14H17N5O. The van der Waals surface area contributed by atoms with Gasteiger partial charge in [-0.2, -0.15) is 15.0 Å². The maximum absolute atomic E-state index is 5.74.